The number of imidazole rings is 1. The lowest BCUT2D eigenvalue weighted by molar-refractivity contribution is 0.291. The first-order valence-corrected chi connectivity index (χ1v) is 9.78. The molecule has 0 spiro atoms. The number of aromatic nitrogens is 2. The van der Waals surface area contributed by atoms with E-state index in [9.17, 15) is 8.42 Å². The van der Waals surface area contributed by atoms with Crippen LogP contribution in [0.1, 0.15) is 12.6 Å². The number of aryl methyl sites for hydroxylation is 1. The maximum atomic E-state index is 11.3. The van der Waals surface area contributed by atoms with Crippen molar-refractivity contribution in [2.45, 2.75) is 25.0 Å². The van der Waals surface area contributed by atoms with Crippen LogP contribution in [-0.4, -0.2) is 18.0 Å². The second kappa shape index (κ2) is 6.68. The molecule has 2 aromatic rings. The second-order valence-corrected chi connectivity index (χ2v) is 8.39. The molecule has 0 saturated carbocycles. The highest BCUT2D eigenvalue weighted by molar-refractivity contribution is 9.11. The van der Waals surface area contributed by atoms with E-state index < -0.39 is 9.05 Å². The third kappa shape index (κ3) is 4.00. The van der Waals surface area contributed by atoms with Gasteiger partial charge in [-0.2, -0.15) is 0 Å². The summed E-state index contributed by atoms with van der Waals surface area (Å²) in [6, 6.07) is 2.80. The topological polar surface area (TPSA) is 61.2 Å². The maximum absolute atomic E-state index is 11.3. The predicted molar refractivity (Wildman–Crippen MR) is 87.1 cm³/mol. The van der Waals surface area contributed by atoms with Gasteiger partial charge in [0.2, 0.25) is 0 Å². The highest BCUT2D eigenvalue weighted by Gasteiger charge is 2.17. The number of nitrogens with zero attached hydrogens (tertiary/aromatic N) is 2. The Morgan fingerprint density at radius 1 is 1.33 bits per heavy atom. The van der Waals surface area contributed by atoms with E-state index in [0.29, 0.717) is 21.3 Å². The standard InChI is InChI=1S/C12H11Br2ClN2O3S/c1-2-17-7-16-5-8(17)6-20-12-10(13)3-9(4-11(12)14)21(15,18)19/h3-5,7H,2,6H2,1H3. The third-order valence-corrected chi connectivity index (χ3v) is 5.27. The normalized spacial score (nSPS) is 11.6. The highest BCUT2D eigenvalue weighted by atomic mass is 79.9. The van der Waals surface area contributed by atoms with Crippen molar-refractivity contribution in [3.63, 3.8) is 0 Å². The van der Waals surface area contributed by atoms with Gasteiger partial charge in [0.1, 0.15) is 12.4 Å². The zero-order valence-electron chi connectivity index (χ0n) is 10.9. The van der Waals surface area contributed by atoms with E-state index in [1.165, 1.54) is 12.1 Å². The quantitative estimate of drug-likeness (QED) is 0.637. The zero-order chi connectivity index (χ0) is 15.6. The number of ether oxygens (including phenoxy) is 1. The van der Waals surface area contributed by atoms with E-state index in [2.05, 4.69) is 36.8 Å². The Morgan fingerprint density at radius 3 is 2.48 bits per heavy atom. The molecule has 1 heterocycles. The van der Waals surface area contributed by atoms with Crippen molar-refractivity contribution in [2.75, 3.05) is 0 Å². The lowest BCUT2D eigenvalue weighted by atomic mass is 10.3. The first-order valence-electron chi connectivity index (χ1n) is 5.88. The van der Waals surface area contributed by atoms with Gasteiger partial charge < -0.3 is 9.30 Å². The Labute approximate surface area is 144 Å². The molecule has 2 rings (SSSR count). The first-order chi connectivity index (χ1) is 9.82. The molecule has 0 radical (unpaired) electrons. The van der Waals surface area contributed by atoms with Crippen molar-refractivity contribution in [3.8, 4) is 5.75 Å². The smallest absolute Gasteiger partial charge is 0.261 e. The average molecular weight is 459 g/mol. The highest BCUT2D eigenvalue weighted by Crippen LogP contribution is 2.37. The largest absolute Gasteiger partial charge is 0.485 e. The molecule has 114 valence electrons. The molecular formula is C12H11Br2ClN2O3S. The molecule has 0 amide bonds. The van der Waals surface area contributed by atoms with Crippen LogP contribution in [0.2, 0.25) is 0 Å². The number of halogens is 3. The van der Waals surface area contributed by atoms with Crippen LogP contribution < -0.4 is 4.74 Å². The molecule has 0 atom stereocenters. The van der Waals surface area contributed by atoms with Crippen LogP contribution in [0, 0.1) is 0 Å². The minimum absolute atomic E-state index is 0.00568. The fourth-order valence-corrected chi connectivity index (χ4v) is 4.22. The summed E-state index contributed by atoms with van der Waals surface area (Å²) in [7, 11) is 1.54. The molecule has 0 bridgehead atoms. The van der Waals surface area contributed by atoms with Crippen LogP contribution in [0.15, 0.2) is 38.5 Å². The number of hydrogen-bond acceptors (Lipinski definition) is 4. The van der Waals surface area contributed by atoms with Gasteiger partial charge in [-0.15, -0.1) is 0 Å². The molecule has 5 nitrogen and oxygen atoms in total. The Hall–Kier alpha value is -0.570. The van der Waals surface area contributed by atoms with Crippen molar-refractivity contribution in [2.24, 2.45) is 0 Å². The maximum Gasteiger partial charge on any atom is 0.261 e. The molecule has 0 unspecified atom stereocenters. The Morgan fingerprint density at radius 2 is 1.95 bits per heavy atom. The van der Waals surface area contributed by atoms with Gasteiger partial charge in [0.25, 0.3) is 9.05 Å². The summed E-state index contributed by atoms with van der Waals surface area (Å²) >= 11 is 6.58. The van der Waals surface area contributed by atoms with Gasteiger partial charge in [0.05, 0.1) is 32.1 Å². The summed E-state index contributed by atoms with van der Waals surface area (Å²) in [6.07, 6.45) is 3.45. The van der Waals surface area contributed by atoms with Gasteiger partial charge in [-0.1, -0.05) is 0 Å². The molecule has 0 saturated heterocycles. The molecular weight excluding hydrogens is 447 g/mol. The van der Waals surface area contributed by atoms with Gasteiger partial charge in [-0.3, -0.25) is 0 Å². The van der Waals surface area contributed by atoms with Crippen LogP contribution in [0.3, 0.4) is 0 Å². The molecule has 0 aliphatic heterocycles. The van der Waals surface area contributed by atoms with E-state index in [1.807, 2.05) is 11.5 Å². The van der Waals surface area contributed by atoms with Gasteiger partial charge in [-0.25, -0.2) is 13.4 Å². The van der Waals surface area contributed by atoms with E-state index in [4.69, 9.17) is 15.4 Å². The summed E-state index contributed by atoms with van der Waals surface area (Å²) in [6.45, 7) is 3.12. The van der Waals surface area contributed by atoms with Crippen molar-refractivity contribution in [1.82, 2.24) is 9.55 Å². The molecule has 0 aliphatic carbocycles. The minimum Gasteiger partial charge on any atom is -0.485 e. The van der Waals surface area contributed by atoms with Crippen molar-refractivity contribution < 1.29 is 13.2 Å². The molecule has 0 N–H and O–H groups in total. The fourth-order valence-electron chi connectivity index (χ4n) is 1.71. The van der Waals surface area contributed by atoms with Gasteiger partial charge >= 0.3 is 0 Å². The number of benzene rings is 1. The number of rotatable bonds is 5. The van der Waals surface area contributed by atoms with Crippen LogP contribution in [0.25, 0.3) is 0 Å². The van der Waals surface area contributed by atoms with Gasteiger partial charge in [-0.05, 0) is 50.9 Å². The Balaban J connectivity index is 2.25. The van der Waals surface area contributed by atoms with Crippen LogP contribution in [0.5, 0.6) is 5.75 Å². The van der Waals surface area contributed by atoms with E-state index in [1.54, 1.807) is 12.5 Å². The summed E-state index contributed by atoms with van der Waals surface area (Å²) in [4.78, 5) is 4.05. The fraction of sp³-hybridized carbons (Fsp3) is 0.250. The van der Waals surface area contributed by atoms with Gasteiger partial charge in [0.15, 0.2) is 0 Å². The van der Waals surface area contributed by atoms with Crippen LogP contribution in [0.4, 0.5) is 0 Å². The Bertz CT molecular complexity index is 739. The van der Waals surface area contributed by atoms with E-state index in [-0.39, 0.29) is 4.90 Å². The molecule has 21 heavy (non-hydrogen) atoms. The molecule has 9 heteroatoms. The summed E-state index contributed by atoms with van der Waals surface area (Å²) < 4.78 is 31.4. The summed E-state index contributed by atoms with van der Waals surface area (Å²) in [5.74, 6) is 0.503. The van der Waals surface area contributed by atoms with Crippen LogP contribution in [-0.2, 0) is 22.2 Å². The molecule has 1 aromatic carbocycles. The molecule has 0 aliphatic rings. The van der Waals surface area contributed by atoms with E-state index >= 15 is 0 Å². The van der Waals surface area contributed by atoms with Crippen molar-refractivity contribution in [3.05, 3.63) is 39.3 Å². The van der Waals surface area contributed by atoms with Crippen molar-refractivity contribution in [1.29, 1.82) is 0 Å². The second-order valence-electron chi connectivity index (χ2n) is 4.11. The summed E-state index contributed by atoms with van der Waals surface area (Å²) in [5.41, 5.74) is 0.922. The number of hydrogen-bond donors (Lipinski definition) is 0. The van der Waals surface area contributed by atoms with Gasteiger partial charge in [0, 0.05) is 17.2 Å². The lowest BCUT2D eigenvalue weighted by Crippen LogP contribution is -2.04. The Kier molecular flexibility index (Phi) is 5.34. The van der Waals surface area contributed by atoms with Crippen LogP contribution >= 0.6 is 42.5 Å². The lowest BCUT2D eigenvalue weighted by Gasteiger charge is -2.12. The molecule has 1 aromatic heterocycles. The SMILES string of the molecule is CCn1cncc1COc1c(Br)cc(S(=O)(=O)Cl)cc1Br. The van der Waals surface area contributed by atoms with E-state index in [0.717, 1.165) is 12.2 Å². The average Bonchev–Trinajstić information content (AvgIpc) is 2.84. The predicted octanol–water partition coefficient (Wildman–Crippen LogP) is 3.93. The molecule has 0 fully saturated rings. The van der Waals surface area contributed by atoms with Crippen molar-refractivity contribution >= 4 is 51.6 Å². The monoisotopic (exact) mass is 456 g/mol. The first kappa shape index (κ1) is 16.8. The zero-order valence-corrected chi connectivity index (χ0v) is 15.6. The minimum atomic E-state index is -3.79. The summed E-state index contributed by atoms with van der Waals surface area (Å²) in [5, 5.41) is 0. The third-order valence-electron chi connectivity index (χ3n) is 2.76.